The lowest BCUT2D eigenvalue weighted by Gasteiger charge is -2.05. The average Bonchev–Trinajstić information content (AvgIpc) is 2.70. The van der Waals surface area contributed by atoms with Gasteiger partial charge in [-0.05, 0) is 37.2 Å². The van der Waals surface area contributed by atoms with Gasteiger partial charge in [0.05, 0.1) is 0 Å². The third-order valence-electron chi connectivity index (χ3n) is 2.52. The summed E-state index contributed by atoms with van der Waals surface area (Å²) >= 11 is 1.35. The number of hydrogen-bond acceptors (Lipinski definition) is 5. The van der Waals surface area contributed by atoms with Crippen molar-refractivity contribution in [2.45, 2.75) is 36.6 Å². The highest BCUT2D eigenvalue weighted by molar-refractivity contribution is 7.99. The smallest absolute Gasteiger partial charge is 0.324 e. The van der Waals surface area contributed by atoms with Gasteiger partial charge in [0.2, 0.25) is 0 Å². The van der Waals surface area contributed by atoms with E-state index in [2.05, 4.69) is 15.2 Å². The van der Waals surface area contributed by atoms with Crippen LogP contribution >= 0.6 is 11.8 Å². The quantitative estimate of drug-likeness (QED) is 0.865. The van der Waals surface area contributed by atoms with Crippen LogP contribution in [0.25, 0.3) is 0 Å². The van der Waals surface area contributed by atoms with Crippen LogP contribution in [0.4, 0.5) is 0 Å². The number of nitrogens with one attached hydrogen (secondary N) is 1. The molecule has 0 unspecified atom stereocenters. The van der Waals surface area contributed by atoms with Gasteiger partial charge in [0.25, 0.3) is 0 Å². The fourth-order valence-electron chi connectivity index (χ4n) is 1.47. The SMILES string of the molecule is CCn1c(Sc2ccc([C@H](C)N)cn2)n[nH]c1=O. The Labute approximate surface area is 109 Å². The molecule has 96 valence electrons. The van der Waals surface area contributed by atoms with Crippen molar-refractivity contribution in [2.24, 2.45) is 5.73 Å². The molecule has 2 aromatic rings. The lowest BCUT2D eigenvalue weighted by molar-refractivity contribution is 0.660. The highest BCUT2D eigenvalue weighted by atomic mass is 32.2. The summed E-state index contributed by atoms with van der Waals surface area (Å²) in [5.41, 5.74) is 6.53. The Morgan fingerprint density at radius 2 is 2.33 bits per heavy atom. The van der Waals surface area contributed by atoms with E-state index < -0.39 is 0 Å². The molecule has 0 spiro atoms. The number of rotatable bonds is 4. The van der Waals surface area contributed by atoms with Gasteiger partial charge < -0.3 is 5.73 Å². The molecule has 0 aromatic carbocycles. The predicted molar refractivity (Wildman–Crippen MR) is 69.5 cm³/mol. The molecule has 0 saturated heterocycles. The van der Waals surface area contributed by atoms with Crippen molar-refractivity contribution in [3.8, 4) is 0 Å². The lowest BCUT2D eigenvalue weighted by Crippen LogP contribution is -2.16. The summed E-state index contributed by atoms with van der Waals surface area (Å²) in [5, 5.41) is 7.79. The summed E-state index contributed by atoms with van der Waals surface area (Å²) in [7, 11) is 0. The second-order valence-corrected chi connectivity index (χ2v) is 4.86. The van der Waals surface area contributed by atoms with Crippen molar-refractivity contribution in [3.63, 3.8) is 0 Å². The molecule has 0 aliphatic heterocycles. The predicted octanol–water partition coefficient (Wildman–Crippen LogP) is 1.16. The first-order valence-electron chi connectivity index (χ1n) is 5.66. The summed E-state index contributed by atoms with van der Waals surface area (Å²) in [4.78, 5) is 15.7. The minimum Gasteiger partial charge on any atom is -0.324 e. The van der Waals surface area contributed by atoms with Gasteiger partial charge in [-0.1, -0.05) is 6.07 Å². The van der Waals surface area contributed by atoms with Gasteiger partial charge in [-0.25, -0.2) is 14.9 Å². The number of nitrogens with two attached hydrogens (primary N) is 1. The monoisotopic (exact) mass is 265 g/mol. The van der Waals surface area contributed by atoms with Crippen LogP contribution in [0, 0.1) is 0 Å². The molecular formula is C11H15N5OS. The second-order valence-electron chi connectivity index (χ2n) is 3.88. The molecule has 0 amide bonds. The number of nitrogens with zero attached hydrogens (tertiary/aromatic N) is 3. The minimum atomic E-state index is -0.202. The molecule has 0 aliphatic carbocycles. The number of H-pyrrole nitrogens is 1. The maximum absolute atomic E-state index is 11.4. The first kappa shape index (κ1) is 12.8. The van der Waals surface area contributed by atoms with Crippen LogP contribution in [0.1, 0.15) is 25.5 Å². The first-order valence-corrected chi connectivity index (χ1v) is 6.48. The zero-order valence-corrected chi connectivity index (χ0v) is 11.1. The van der Waals surface area contributed by atoms with Gasteiger partial charge in [-0.3, -0.25) is 4.57 Å². The zero-order chi connectivity index (χ0) is 13.1. The maximum atomic E-state index is 11.4. The number of pyridine rings is 1. The average molecular weight is 265 g/mol. The van der Waals surface area contributed by atoms with Crippen molar-refractivity contribution >= 4 is 11.8 Å². The summed E-state index contributed by atoms with van der Waals surface area (Å²) in [5.74, 6) is 0. The van der Waals surface area contributed by atoms with Crippen LogP contribution in [-0.2, 0) is 6.54 Å². The van der Waals surface area contributed by atoms with Crippen molar-refractivity contribution < 1.29 is 0 Å². The second kappa shape index (κ2) is 5.36. The molecule has 2 rings (SSSR count). The zero-order valence-electron chi connectivity index (χ0n) is 10.3. The molecule has 7 heteroatoms. The molecular weight excluding hydrogens is 250 g/mol. The fourth-order valence-corrected chi connectivity index (χ4v) is 2.32. The van der Waals surface area contributed by atoms with E-state index in [1.165, 1.54) is 11.8 Å². The van der Waals surface area contributed by atoms with Crippen LogP contribution in [0.5, 0.6) is 0 Å². The highest BCUT2D eigenvalue weighted by Crippen LogP contribution is 2.23. The third kappa shape index (κ3) is 2.62. The van der Waals surface area contributed by atoms with E-state index >= 15 is 0 Å². The largest absolute Gasteiger partial charge is 0.343 e. The van der Waals surface area contributed by atoms with Gasteiger partial charge in [-0.15, -0.1) is 5.10 Å². The van der Waals surface area contributed by atoms with Gasteiger partial charge in [0.15, 0.2) is 5.16 Å². The van der Waals surface area contributed by atoms with Crippen molar-refractivity contribution in [3.05, 3.63) is 34.4 Å². The normalized spacial score (nSPS) is 12.6. The Morgan fingerprint density at radius 3 is 2.89 bits per heavy atom. The molecule has 1 atom stereocenters. The van der Waals surface area contributed by atoms with Gasteiger partial charge in [-0.2, -0.15) is 0 Å². The number of aromatic nitrogens is 4. The summed E-state index contributed by atoms with van der Waals surface area (Å²) in [6.45, 7) is 4.38. The Balaban J connectivity index is 2.21. The molecule has 0 fully saturated rings. The molecule has 3 N–H and O–H groups in total. The van der Waals surface area contributed by atoms with Crippen LogP contribution in [0.2, 0.25) is 0 Å². The first-order chi connectivity index (χ1) is 8.61. The molecule has 2 aromatic heterocycles. The Hall–Kier alpha value is -1.60. The topological polar surface area (TPSA) is 89.6 Å². The minimum absolute atomic E-state index is 0.0317. The van der Waals surface area contributed by atoms with Crippen molar-refractivity contribution in [2.75, 3.05) is 0 Å². The lowest BCUT2D eigenvalue weighted by atomic mass is 10.2. The highest BCUT2D eigenvalue weighted by Gasteiger charge is 2.09. The van der Waals surface area contributed by atoms with Crippen LogP contribution in [0.15, 0.2) is 33.3 Å². The Morgan fingerprint density at radius 1 is 1.56 bits per heavy atom. The third-order valence-corrected chi connectivity index (χ3v) is 3.47. The van der Waals surface area contributed by atoms with Crippen molar-refractivity contribution in [1.29, 1.82) is 0 Å². The van der Waals surface area contributed by atoms with Crippen LogP contribution in [0.3, 0.4) is 0 Å². The number of aromatic amines is 1. The number of hydrogen-bond donors (Lipinski definition) is 2. The van der Waals surface area contributed by atoms with E-state index in [0.29, 0.717) is 11.7 Å². The van der Waals surface area contributed by atoms with Crippen LogP contribution < -0.4 is 11.4 Å². The summed E-state index contributed by atoms with van der Waals surface area (Å²) in [6.07, 6.45) is 1.74. The molecule has 0 aliphatic rings. The van der Waals surface area contributed by atoms with Gasteiger partial charge in [0.1, 0.15) is 5.03 Å². The molecule has 18 heavy (non-hydrogen) atoms. The van der Waals surface area contributed by atoms with E-state index in [0.717, 1.165) is 10.6 Å². The van der Waals surface area contributed by atoms with E-state index in [9.17, 15) is 4.79 Å². The molecule has 0 radical (unpaired) electrons. The van der Waals surface area contributed by atoms with E-state index in [1.807, 2.05) is 26.0 Å². The standard InChI is InChI=1S/C11H15N5OS/c1-3-16-10(17)14-15-11(16)18-9-5-4-8(6-13-9)7(2)12/h4-7H,3,12H2,1-2H3,(H,14,17)/t7-/m0/s1. The van der Waals surface area contributed by atoms with E-state index in [-0.39, 0.29) is 11.7 Å². The maximum Gasteiger partial charge on any atom is 0.343 e. The van der Waals surface area contributed by atoms with Gasteiger partial charge >= 0.3 is 5.69 Å². The fraction of sp³-hybridized carbons (Fsp3) is 0.364. The molecule has 6 nitrogen and oxygen atoms in total. The van der Waals surface area contributed by atoms with E-state index in [1.54, 1.807) is 10.8 Å². The molecule has 2 heterocycles. The van der Waals surface area contributed by atoms with Crippen LogP contribution in [-0.4, -0.2) is 19.7 Å². The van der Waals surface area contributed by atoms with Gasteiger partial charge in [0, 0.05) is 18.8 Å². The van der Waals surface area contributed by atoms with E-state index in [4.69, 9.17) is 5.73 Å². The Kier molecular flexibility index (Phi) is 3.83. The Bertz CT molecular complexity index is 572. The van der Waals surface area contributed by atoms with Crippen molar-refractivity contribution in [1.82, 2.24) is 19.7 Å². The summed E-state index contributed by atoms with van der Waals surface area (Å²) < 4.78 is 1.56. The molecule has 0 bridgehead atoms. The molecule has 0 saturated carbocycles. The summed E-state index contributed by atoms with van der Waals surface area (Å²) in [6, 6.07) is 3.78.